The third-order valence-corrected chi connectivity index (χ3v) is 4.14. The maximum Gasteiger partial charge on any atom is 0.260 e. The molecule has 21 heavy (non-hydrogen) atoms. The van der Waals surface area contributed by atoms with E-state index in [0.717, 1.165) is 12.3 Å². The zero-order valence-corrected chi connectivity index (χ0v) is 12.5. The number of hydrogen-bond donors (Lipinski definition) is 1. The van der Waals surface area contributed by atoms with Crippen molar-refractivity contribution in [3.8, 4) is 0 Å². The highest BCUT2D eigenvalue weighted by Gasteiger charge is 2.16. The molecule has 0 saturated carbocycles. The van der Waals surface area contributed by atoms with E-state index in [2.05, 4.69) is 5.32 Å². The standard InChI is InChI=1S/C14H11ClFNO3S/c1-21(19,20)10-5-2-4-9(8-10)17-14(18)13-11(15)6-3-7-12(13)16/h2-8H,1H3,(H,17,18). The first-order valence-corrected chi connectivity index (χ1v) is 8.11. The molecule has 110 valence electrons. The summed E-state index contributed by atoms with van der Waals surface area (Å²) >= 11 is 5.80. The molecule has 0 unspecified atom stereocenters. The fourth-order valence-corrected chi connectivity index (χ4v) is 2.63. The molecule has 0 aliphatic rings. The van der Waals surface area contributed by atoms with Crippen LogP contribution in [0, 0.1) is 5.82 Å². The lowest BCUT2D eigenvalue weighted by Crippen LogP contribution is -2.14. The maximum absolute atomic E-state index is 13.6. The molecular formula is C14H11ClFNO3S. The summed E-state index contributed by atoms with van der Waals surface area (Å²) in [7, 11) is -3.39. The summed E-state index contributed by atoms with van der Waals surface area (Å²) in [6.45, 7) is 0. The Bertz CT molecular complexity index is 785. The van der Waals surface area contributed by atoms with Gasteiger partial charge in [-0.05, 0) is 30.3 Å². The van der Waals surface area contributed by atoms with Gasteiger partial charge < -0.3 is 5.32 Å². The summed E-state index contributed by atoms with van der Waals surface area (Å²) in [6, 6.07) is 9.58. The van der Waals surface area contributed by atoms with Crippen molar-refractivity contribution in [1.82, 2.24) is 0 Å². The molecule has 0 bridgehead atoms. The molecule has 2 aromatic rings. The van der Waals surface area contributed by atoms with Crippen LogP contribution in [0.15, 0.2) is 47.4 Å². The van der Waals surface area contributed by atoms with E-state index >= 15 is 0 Å². The van der Waals surface area contributed by atoms with Gasteiger partial charge in [-0.25, -0.2) is 12.8 Å². The smallest absolute Gasteiger partial charge is 0.260 e. The number of sulfone groups is 1. The Labute approximate surface area is 126 Å². The first-order valence-electron chi connectivity index (χ1n) is 5.84. The van der Waals surface area contributed by atoms with E-state index in [0.29, 0.717) is 0 Å². The topological polar surface area (TPSA) is 63.2 Å². The number of rotatable bonds is 3. The van der Waals surface area contributed by atoms with E-state index in [-0.39, 0.29) is 21.2 Å². The minimum atomic E-state index is -3.39. The molecule has 1 amide bonds. The number of carbonyl (C=O) groups excluding carboxylic acids is 1. The van der Waals surface area contributed by atoms with Crippen LogP contribution in [0.1, 0.15) is 10.4 Å². The van der Waals surface area contributed by atoms with E-state index in [1.54, 1.807) is 0 Å². The molecule has 0 aliphatic heterocycles. The van der Waals surface area contributed by atoms with E-state index in [9.17, 15) is 17.6 Å². The average Bonchev–Trinajstić information content (AvgIpc) is 2.37. The molecular weight excluding hydrogens is 317 g/mol. The van der Waals surface area contributed by atoms with Gasteiger partial charge in [0.05, 0.1) is 15.5 Å². The van der Waals surface area contributed by atoms with Crippen LogP contribution in [0.4, 0.5) is 10.1 Å². The lowest BCUT2D eigenvalue weighted by atomic mass is 10.2. The highest BCUT2D eigenvalue weighted by Crippen LogP contribution is 2.21. The van der Waals surface area contributed by atoms with Gasteiger partial charge in [0.1, 0.15) is 5.82 Å². The van der Waals surface area contributed by atoms with Crippen LogP contribution in [0.5, 0.6) is 0 Å². The summed E-state index contributed by atoms with van der Waals surface area (Å²) in [5.74, 6) is -1.50. The third-order valence-electron chi connectivity index (χ3n) is 2.71. The van der Waals surface area contributed by atoms with Crippen molar-refractivity contribution in [2.75, 3.05) is 11.6 Å². The highest BCUT2D eigenvalue weighted by atomic mass is 35.5. The van der Waals surface area contributed by atoms with Crippen molar-refractivity contribution in [2.45, 2.75) is 4.90 Å². The lowest BCUT2D eigenvalue weighted by Gasteiger charge is -2.08. The molecule has 2 rings (SSSR count). The van der Waals surface area contributed by atoms with Crippen LogP contribution in [-0.2, 0) is 9.84 Å². The molecule has 4 nitrogen and oxygen atoms in total. The van der Waals surface area contributed by atoms with Crippen LogP contribution < -0.4 is 5.32 Å². The number of carbonyl (C=O) groups is 1. The van der Waals surface area contributed by atoms with Gasteiger partial charge in [-0.1, -0.05) is 23.7 Å². The molecule has 0 aliphatic carbocycles. The van der Waals surface area contributed by atoms with Gasteiger partial charge in [0.15, 0.2) is 9.84 Å². The fraction of sp³-hybridized carbons (Fsp3) is 0.0714. The highest BCUT2D eigenvalue weighted by molar-refractivity contribution is 7.90. The molecule has 0 saturated heterocycles. The van der Waals surface area contributed by atoms with Crippen LogP contribution in [0.2, 0.25) is 5.02 Å². The SMILES string of the molecule is CS(=O)(=O)c1cccc(NC(=O)c2c(F)cccc2Cl)c1. The minimum absolute atomic E-state index is 0.0215. The van der Waals surface area contributed by atoms with Crippen molar-refractivity contribution in [3.63, 3.8) is 0 Å². The first kappa shape index (κ1) is 15.5. The molecule has 0 aromatic heterocycles. The van der Waals surface area contributed by atoms with Crippen molar-refractivity contribution in [2.24, 2.45) is 0 Å². The Balaban J connectivity index is 2.33. The van der Waals surface area contributed by atoms with Crippen LogP contribution >= 0.6 is 11.6 Å². The quantitative estimate of drug-likeness (QED) is 0.942. The normalized spacial score (nSPS) is 11.2. The number of halogens is 2. The Morgan fingerprint density at radius 2 is 1.86 bits per heavy atom. The molecule has 2 aromatic carbocycles. The van der Waals surface area contributed by atoms with Crippen molar-refractivity contribution in [3.05, 3.63) is 58.9 Å². The Kier molecular flexibility index (Phi) is 4.29. The molecule has 1 N–H and O–H groups in total. The monoisotopic (exact) mass is 327 g/mol. The van der Waals surface area contributed by atoms with Gasteiger partial charge in [0, 0.05) is 11.9 Å². The molecule has 0 heterocycles. The van der Waals surface area contributed by atoms with Gasteiger partial charge in [-0.2, -0.15) is 0 Å². The average molecular weight is 328 g/mol. The second-order valence-corrected chi connectivity index (χ2v) is 6.77. The van der Waals surface area contributed by atoms with E-state index in [4.69, 9.17) is 11.6 Å². The summed E-state index contributed by atoms with van der Waals surface area (Å²) in [5.41, 5.74) is -0.0498. The number of benzene rings is 2. The zero-order chi connectivity index (χ0) is 15.6. The van der Waals surface area contributed by atoms with Gasteiger partial charge in [0.2, 0.25) is 0 Å². The van der Waals surface area contributed by atoms with Gasteiger partial charge in [0.25, 0.3) is 5.91 Å². The second-order valence-electron chi connectivity index (χ2n) is 4.35. The summed E-state index contributed by atoms with van der Waals surface area (Å²) in [6.07, 6.45) is 1.06. The van der Waals surface area contributed by atoms with Crippen LogP contribution in [0.3, 0.4) is 0 Å². The van der Waals surface area contributed by atoms with Crippen LogP contribution in [0.25, 0.3) is 0 Å². The molecule has 7 heteroatoms. The Morgan fingerprint density at radius 1 is 1.19 bits per heavy atom. The first-order chi connectivity index (χ1) is 9.79. The molecule has 0 atom stereocenters. The van der Waals surface area contributed by atoms with E-state index in [1.165, 1.54) is 36.4 Å². The van der Waals surface area contributed by atoms with Crippen molar-refractivity contribution >= 4 is 33.0 Å². The minimum Gasteiger partial charge on any atom is -0.322 e. The van der Waals surface area contributed by atoms with E-state index < -0.39 is 21.6 Å². The summed E-state index contributed by atoms with van der Waals surface area (Å²) < 4.78 is 36.5. The Morgan fingerprint density at radius 3 is 2.48 bits per heavy atom. The zero-order valence-electron chi connectivity index (χ0n) is 10.9. The summed E-state index contributed by atoms with van der Waals surface area (Å²) in [5, 5.41) is 2.40. The van der Waals surface area contributed by atoms with Gasteiger partial charge in [-0.3, -0.25) is 4.79 Å². The lowest BCUT2D eigenvalue weighted by molar-refractivity contribution is 0.102. The van der Waals surface area contributed by atoms with Gasteiger partial charge in [-0.15, -0.1) is 0 Å². The number of hydrogen-bond acceptors (Lipinski definition) is 3. The van der Waals surface area contributed by atoms with Crippen molar-refractivity contribution < 1.29 is 17.6 Å². The molecule has 0 fully saturated rings. The largest absolute Gasteiger partial charge is 0.322 e. The maximum atomic E-state index is 13.6. The van der Waals surface area contributed by atoms with Crippen molar-refractivity contribution in [1.29, 1.82) is 0 Å². The van der Waals surface area contributed by atoms with E-state index in [1.807, 2.05) is 0 Å². The molecule has 0 radical (unpaired) electrons. The van der Waals surface area contributed by atoms with Gasteiger partial charge >= 0.3 is 0 Å². The second kappa shape index (κ2) is 5.83. The predicted molar refractivity (Wildman–Crippen MR) is 78.9 cm³/mol. The fourth-order valence-electron chi connectivity index (χ4n) is 1.71. The number of amides is 1. The number of anilines is 1. The van der Waals surface area contributed by atoms with Crippen LogP contribution in [-0.4, -0.2) is 20.6 Å². The third kappa shape index (κ3) is 3.59. The number of nitrogens with one attached hydrogen (secondary N) is 1. The Hall–Kier alpha value is -1.92. The predicted octanol–water partition coefficient (Wildman–Crippen LogP) is 3.13. The summed E-state index contributed by atoms with van der Waals surface area (Å²) in [4.78, 5) is 12.1. The molecule has 0 spiro atoms.